The number of fused-ring (bicyclic) bond motifs is 1. The van der Waals surface area contributed by atoms with Crippen molar-refractivity contribution in [3.05, 3.63) is 28.6 Å². The summed E-state index contributed by atoms with van der Waals surface area (Å²) in [6.45, 7) is 8.33. The first kappa shape index (κ1) is 26.1. The van der Waals surface area contributed by atoms with Gasteiger partial charge >= 0.3 is 0 Å². The molecule has 0 aliphatic carbocycles. The number of aromatic amines is 1. The van der Waals surface area contributed by atoms with Gasteiger partial charge in [-0.1, -0.05) is 78.6 Å². The van der Waals surface area contributed by atoms with E-state index in [0.29, 0.717) is 31.3 Å². The highest BCUT2D eigenvalue weighted by Crippen LogP contribution is 2.33. The van der Waals surface area contributed by atoms with Crippen LogP contribution in [0.2, 0.25) is 0 Å². The Morgan fingerprint density at radius 2 is 1.22 bits per heavy atom. The van der Waals surface area contributed by atoms with Gasteiger partial charge in [-0.25, -0.2) is 0 Å². The van der Waals surface area contributed by atoms with E-state index in [2.05, 4.69) is 25.8 Å². The minimum absolute atomic E-state index is 0.241. The smallest absolute Gasteiger partial charge is 0.294 e. The molecule has 5 heteroatoms. The molecule has 0 atom stereocenters. The molecule has 0 saturated carbocycles. The minimum atomic E-state index is -0.241. The van der Waals surface area contributed by atoms with Gasteiger partial charge in [-0.05, 0) is 31.4 Å². The number of pyridine rings is 1. The average molecular weight is 446 g/mol. The summed E-state index contributed by atoms with van der Waals surface area (Å²) in [5.41, 5.74) is 0.481. The van der Waals surface area contributed by atoms with Gasteiger partial charge in [-0.3, -0.25) is 4.79 Å². The number of hydrogen-bond acceptors (Lipinski definition) is 4. The highest BCUT2D eigenvalue weighted by atomic mass is 16.5. The Balaban J connectivity index is 2.10. The molecule has 0 fully saturated rings. The van der Waals surface area contributed by atoms with E-state index in [-0.39, 0.29) is 5.56 Å². The molecule has 32 heavy (non-hydrogen) atoms. The zero-order chi connectivity index (χ0) is 23.0. The van der Waals surface area contributed by atoms with Gasteiger partial charge in [0.25, 0.3) is 5.56 Å². The Kier molecular flexibility index (Phi) is 12.7. The van der Waals surface area contributed by atoms with E-state index in [1.165, 1.54) is 44.9 Å². The number of hydrogen-bond donors (Lipinski definition) is 1. The Morgan fingerprint density at radius 3 is 1.94 bits per heavy atom. The van der Waals surface area contributed by atoms with Crippen molar-refractivity contribution in [2.75, 3.05) is 19.8 Å². The van der Waals surface area contributed by atoms with Gasteiger partial charge in [0.2, 0.25) is 5.75 Å². The van der Waals surface area contributed by atoms with Crippen molar-refractivity contribution in [2.45, 2.75) is 97.8 Å². The first-order chi connectivity index (χ1) is 15.7. The molecule has 0 spiro atoms. The van der Waals surface area contributed by atoms with Crippen molar-refractivity contribution in [2.24, 2.45) is 0 Å². The molecule has 0 unspecified atom stereocenters. The normalized spacial score (nSPS) is 11.1. The fourth-order valence-corrected chi connectivity index (χ4v) is 3.69. The molecular formula is C27H43NO4. The molecule has 0 aliphatic heterocycles. The number of rotatable bonds is 18. The molecule has 2 rings (SSSR count). The van der Waals surface area contributed by atoms with Crippen LogP contribution in [-0.4, -0.2) is 24.8 Å². The quantitative estimate of drug-likeness (QED) is 0.243. The van der Waals surface area contributed by atoms with Crippen molar-refractivity contribution in [3.63, 3.8) is 0 Å². The SMILES string of the molecule is CCCCCCCCOc1c(OCCCC)c2ccc(OCCCCCC)cc2[nH]c1=O. The van der Waals surface area contributed by atoms with E-state index in [1.807, 2.05) is 18.2 Å². The fraction of sp³-hybridized carbons (Fsp3) is 0.667. The Morgan fingerprint density at radius 1 is 0.656 bits per heavy atom. The molecule has 0 aliphatic rings. The molecule has 180 valence electrons. The summed E-state index contributed by atoms with van der Waals surface area (Å²) in [7, 11) is 0. The van der Waals surface area contributed by atoms with Gasteiger partial charge in [0.1, 0.15) is 5.75 Å². The summed E-state index contributed by atoms with van der Waals surface area (Å²) >= 11 is 0. The first-order valence-corrected chi connectivity index (χ1v) is 12.8. The second-order valence-electron chi connectivity index (χ2n) is 8.55. The van der Waals surface area contributed by atoms with Crippen LogP contribution < -0.4 is 19.8 Å². The Bertz CT molecular complexity index is 830. The molecule has 1 heterocycles. The predicted octanol–water partition coefficient (Wildman–Crippen LogP) is 7.41. The number of ether oxygens (including phenoxy) is 3. The van der Waals surface area contributed by atoms with Crippen LogP contribution in [-0.2, 0) is 0 Å². The molecule has 0 bridgehead atoms. The van der Waals surface area contributed by atoms with Gasteiger partial charge in [0.05, 0.1) is 25.3 Å². The lowest BCUT2D eigenvalue weighted by molar-refractivity contribution is 0.259. The first-order valence-electron chi connectivity index (χ1n) is 12.8. The zero-order valence-corrected chi connectivity index (χ0v) is 20.5. The maximum atomic E-state index is 12.8. The zero-order valence-electron chi connectivity index (χ0n) is 20.5. The van der Waals surface area contributed by atoms with E-state index >= 15 is 0 Å². The summed E-state index contributed by atoms with van der Waals surface area (Å²) in [6.07, 6.45) is 13.7. The maximum Gasteiger partial charge on any atom is 0.294 e. The lowest BCUT2D eigenvalue weighted by Crippen LogP contribution is -2.15. The number of H-pyrrole nitrogens is 1. The van der Waals surface area contributed by atoms with E-state index in [4.69, 9.17) is 14.2 Å². The highest BCUT2D eigenvalue weighted by molar-refractivity contribution is 5.88. The summed E-state index contributed by atoms with van der Waals surface area (Å²) in [5.74, 6) is 1.62. The number of nitrogens with one attached hydrogen (secondary N) is 1. The van der Waals surface area contributed by atoms with Crippen LogP contribution in [0.5, 0.6) is 17.2 Å². The molecule has 0 radical (unpaired) electrons. The molecule has 2 aromatic rings. The summed E-state index contributed by atoms with van der Waals surface area (Å²) in [6, 6.07) is 5.80. The molecule has 0 amide bonds. The third-order valence-corrected chi connectivity index (χ3v) is 5.65. The highest BCUT2D eigenvalue weighted by Gasteiger charge is 2.16. The second-order valence-corrected chi connectivity index (χ2v) is 8.55. The standard InChI is InChI=1S/C27H43NO4/c1-4-7-10-12-13-15-20-32-26-25(31-18-9-6-3)23-17-16-22(21-24(23)28-27(26)29)30-19-14-11-8-5-2/h16-17,21H,4-15,18-20H2,1-3H3,(H,28,29). The van der Waals surface area contributed by atoms with E-state index < -0.39 is 0 Å². The van der Waals surface area contributed by atoms with Crippen LogP contribution in [0.15, 0.2) is 23.0 Å². The number of benzene rings is 1. The Labute approximate surface area is 193 Å². The van der Waals surface area contributed by atoms with Crippen LogP contribution >= 0.6 is 0 Å². The van der Waals surface area contributed by atoms with Crippen molar-refractivity contribution in [3.8, 4) is 17.2 Å². The third kappa shape index (κ3) is 8.76. The van der Waals surface area contributed by atoms with Crippen molar-refractivity contribution < 1.29 is 14.2 Å². The van der Waals surface area contributed by atoms with Gasteiger partial charge in [-0.2, -0.15) is 0 Å². The fourth-order valence-electron chi connectivity index (χ4n) is 3.69. The second kappa shape index (κ2) is 15.6. The molecule has 1 N–H and O–H groups in total. The molecule has 5 nitrogen and oxygen atoms in total. The number of aromatic nitrogens is 1. The van der Waals surface area contributed by atoms with E-state index in [1.54, 1.807) is 0 Å². The summed E-state index contributed by atoms with van der Waals surface area (Å²) in [4.78, 5) is 15.8. The van der Waals surface area contributed by atoms with Crippen molar-refractivity contribution in [1.29, 1.82) is 0 Å². The van der Waals surface area contributed by atoms with Crippen molar-refractivity contribution in [1.82, 2.24) is 4.98 Å². The van der Waals surface area contributed by atoms with Crippen LogP contribution in [0.1, 0.15) is 97.8 Å². The van der Waals surface area contributed by atoms with Crippen LogP contribution in [0, 0.1) is 0 Å². The molecule has 0 saturated heterocycles. The average Bonchev–Trinajstić information content (AvgIpc) is 2.79. The largest absolute Gasteiger partial charge is 0.494 e. The molecule has 1 aromatic heterocycles. The third-order valence-electron chi connectivity index (χ3n) is 5.65. The van der Waals surface area contributed by atoms with Gasteiger partial charge in [-0.15, -0.1) is 0 Å². The van der Waals surface area contributed by atoms with Gasteiger partial charge < -0.3 is 19.2 Å². The summed E-state index contributed by atoms with van der Waals surface area (Å²) in [5, 5.41) is 0.858. The molecular weight excluding hydrogens is 402 g/mol. The Hall–Kier alpha value is -2.17. The van der Waals surface area contributed by atoms with Crippen LogP contribution in [0.3, 0.4) is 0 Å². The predicted molar refractivity (Wildman–Crippen MR) is 133 cm³/mol. The monoisotopic (exact) mass is 445 g/mol. The lowest BCUT2D eigenvalue weighted by Gasteiger charge is -2.15. The topological polar surface area (TPSA) is 60.6 Å². The minimum Gasteiger partial charge on any atom is -0.494 e. The van der Waals surface area contributed by atoms with Crippen molar-refractivity contribution >= 4 is 10.9 Å². The van der Waals surface area contributed by atoms with E-state index in [0.717, 1.165) is 48.8 Å². The van der Waals surface area contributed by atoms with Gasteiger partial charge in [0.15, 0.2) is 5.75 Å². The van der Waals surface area contributed by atoms with Gasteiger partial charge in [0, 0.05) is 11.5 Å². The van der Waals surface area contributed by atoms with Crippen LogP contribution in [0.4, 0.5) is 0 Å². The van der Waals surface area contributed by atoms with Crippen LogP contribution in [0.25, 0.3) is 10.9 Å². The maximum absolute atomic E-state index is 12.8. The lowest BCUT2D eigenvalue weighted by atomic mass is 10.1. The number of unbranched alkanes of at least 4 members (excludes halogenated alkanes) is 9. The summed E-state index contributed by atoms with van der Waals surface area (Å²) < 4.78 is 17.9. The molecule has 1 aromatic carbocycles. The van der Waals surface area contributed by atoms with E-state index in [9.17, 15) is 4.79 Å².